The largest absolute Gasteiger partial charge is 0.485 e. The molecule has 0 saturated carbocycles. The first-order valence-corrected chi connectivity index (χ1v) is 21.5. The van der Waals surface area contributed by atoms with Gasteiger partial charge in [0.2, 0.25) is 17.3 Å². The Hall–Kier alpha value is -7.32. The Morgan fingerprint density at radius 3 is 1.41 bits per heavy atom. The molecule has 0 amide bonds. The minimum Gasteiger partial charge on any atom is -0.485 e. The Balaban J connectivity index is 1.14. The van der Waals surface area contributed by atoms with E-state index in [1.807, 2.05) is 172 Å². The highest BCUT2D eigenvalue weighted by atomic mass is 16.7. The van der Waals surface area contributed by atoms with E-state index in [1.165, 1.54) is 0 Å². The van der Waals surface area contributed by atoms with Crippen LogP contribution in [0.4, 0.5) is 0 Å². The molecule has 316 valence electrons. The Kier molecular flexibility index (Phi) is 11.0. The fraction of sp³-hybridized carbons (Fsp3) is 0.200. The van der Waals surface area contributed by atoms with Crippen LogP contribution in [0.1, 0.15) is 89.1 Å². The lowest BCUT2D eigenvalue weighted by Gasteiger charge is -2.30. The van der Waals surface area contributed by atoms with Crippen molar-refractivity contribution in [3.63, 3.8) is 0 Å². The van der Waals surface area contributed by atoms with Crippen LogP contribution in [0, 0.1) is 5.92 Å². The van der Waals surface area contributed by atoms with Gasteiger partial charge in [0.15, 0.2) is 34.4 Å². The van der Waals surface area contributed by atoms with E-state index in [1.54, 1.807) is 31.2 Å². The summed E-state index contributed by atoms with van der Waals surface area (Å²) in [5.74, 6) is -1.61. The monoisotopic (exact) mass is 836 g/mol. The second-order valence-electron chi connectivity index (χ2n) is 16.2. The number of carbonyl (C=O) groups is 2. The molecule has 2 unspecified atom stereocenters. The summed E-state index contributed by atoms with van der Waals surface area (Å²) in [6.45, 7) is 7.72. The Morgan fingerprint density at radius 2 is 0.968 bits per heavy atom. The van der Waals surface area contributed by atoms with Crippen molar-refractivity contribution in [1.82, 2.24) is 0 Å². The van der Waals surface area contributed by atoms with E-state index in [9.17, 15) is 4.79 Å². The normalized spacial score (nSPS) is 15.5. The topological polar surface area (TPSA) is 89.5 Å². The number of Topliss-reactive ketones (excluding diaryl/α,β-unsaturated/α-hetero) is 2. The van der Waals surface area contributed by atoms with Gasteiger partial charge in [-0.2, -0.15) is 0 Å². The van der Waals surface area contributed by atoms with Gasteiger partial charge in [0.25, 0.3) is 0 Å². The molecule has 7 aromatic rings. The van der Waals surface area contributed by atoms with Crippen LogP contribution in [0.2, 0.25) is 0 Å². The predicted molar refractivity (Wildman–Crippen MR) is 241 cm³/mol. The average molecular weight is 837 g/mol. The first-order chi connectivity index (χ1) is 30.7. The van der Waals surface area contributed by atoms with Crippen LogP contribution in [-0.4, -0.2) is 17.2 Å². The molecule has 2 aliphatic rings. The summed E-state index contributed by atoms with van der Waals surface area (Å²) in [5, 5.41) is 0. The molecule has 0 N–H and O–H groups in total. The zero-order chi connectivity index (χ0) is 43.6. The van der Waals surface area contributed by atoms with Crippen LogP contribution in [0.15, 0.2) is 176 Å². The first kappa shape index (κ1) is 41.1. The molecule has 8 heteroatoms. The number of hydrogen-bond acceptors (Lipinski definition) is 8. The third-order valence-corrected chi connectivity index (χ3v) is 12.0. The second-order valence-corrected chi connectivity index (χ2v) is 16.2. The van der Waals surface area contributed by atoms with Gasteiger partial charge in [-0.05, 0) is 49.6 Å². The third-order valence-electron chi connectivity index (χ3n) is 12.0. The summed E-state index contributed by atoms with van der Waals surface area (Å²) in [6.07, 6.45) is 0.890. The summed E-state index contributed by atoms with van der Waals surface area (Å²) >= 11 is 0. The van der Waals surface area contributed by atoms with Crippen molar-refractivity contribution in [2.45, 2.75) is 64.3 Å². The maximum absolute atomic E-state index is 15.3. The zero-order valence-electron chi connectivity index (χ0n) is 35.7. The summed E-state index contributed by atoms with van der Waals surface area (Å²) in [7, 11) is 0. The lowest BCUT2D eigenvalue weighted by molar-refractivity contribution is -0.0478. The highest BCUT2D eigenvalue weighted by Crippen LogP contribution is 2.55. The van der Waals surface area contributed by atoms with Crippen molar-refractivity contribution in [1.29, 1.82) is 0 Å². The van der Waals surface area contributed by atoms with Gasteiger partial charge in [-0.3, -0.25) is 9.59 Å². The quantitative estimate of drug-likeness (QED) is 0.0943. The van der Waals surface area contributed by atoms with Gasteiger partial charge in [-0.1, -0.05) is 172 Å². The Morgan fingerprint density at radius 1 is 0.556 bits per heavy atom. The molecular weight excluding hydrogens is 789 g/mol. The van der Waals surface area contributed by atoms with E-state index >= 15 is 4.79 Å². The maximum atomic E-state index is 15.3. The lowest BCUT2D eigenvalue weighted by Crippen LogP contribution is -2.41. The van der Waals surface area contributed by atoms with E-state index in [0.717, 1.165) is 27.8 Å². The van der Waals surface area contributed by atoms with E-state index < -0.39 is 17.2 Å². The Labute approximate surface area is 368 Å². The van der Waals surface area contributed by atoms with Crippen LogP contribution in [0.5, 0.6) is 34.5 Å². The van der Waals surface area contributed by atoms with E-state index in [4.69, 9.17) is 28.4 Å². The summed E-state index contributed by atoms with van der Waals surface area (Å²) < 4.78 is 41.0. The van der Waals surface area contributed by atoms with Crippen molar-refractivity contribution < 1.29 is 38.0 Å². The van der Waals surface area contributed by atoms with E-state index in [-0.39, 0.29) is 47.6 Å². The van der Waals surface area contributed by atoms with Gasteiger partial charge < -0.3 is 28.4 Å². The smallest absolute Gasteiger partial charge is 0.305 e. The van der Waals surface area contributed by atoms with Gasteiger partial charge in [0.05, 0.1) is 0 Å². The number of ketones is 2. The van der Waals surface area contributed by atoms with Crippen LogP contribution < -0.4 is 28.4 Å². The molecule has 2 aliphatic heterocycles. The molecule has 0 radical (unpaired) electrons. The average Bonchev–Trinajstić information content (AvgIpc) is 3.95. The summed E-state index contributed by atoms with van der Waals surface area (Å²) in [5.41, 5.74) is 3.14. The highest BCUT2D eigenvalue weighted by molar-refractivity contribution is 6.04. The Bertz CT molecular complexity index is 2660. The van der Waals surface area contributed by atoms with Crippen molar-refractivity contribution in [3.05, 3.63) is 215 Å². The van der Waals surface area contributed by atoms with Gasteiger partial charge in [-0.25, -0.2) is 0 Å². The minimum absolute atomic E-state index is 0.0773. The molecular formula is C55H48O8. The third kappa shape index (κ3) is 7.56. The van der Waals surface area contributed by atoms with Crippen LogP contribution in [-0.2, 0) is 18.2 Å². The maximum Gasteiger partial charge on any atom is 0.305 e. The summed E-state index contributed by atoms with van der Waals surface area (Å²) in [4.78, 5) is 29.2. The molecule has 0 fully saturated rings. The molecule has 9 rings (SSSR count). The standard InChI is InChI=1S/C55H48O8/c1-5-37(3)49(56)39-32-46(51-47(33-39)60-55(63-51,43-28-18-10-19-29-43)44-30-20-11-21-31-44)59-53(4,6-2)52(57)40-34-45(58-36-38-22-12-7-13-23-38)50-48(35-40)61-54(62-50,41-24-14-8-15-25-41)42-26-16-9-17-27-42/h7-35,37H,5-6,36H2,1-4H3. The van der Waals surface area contributed by atoms with E-state index in [0.29, 0.717) is 35.0 Å². The van der Waals surface area contributed by atoms with Crippen molar-refractivity contribution in [3.8, 4) is 34.5 Å². The first-order valence-electron chi connectivity index (χ1n) is 21.5. The van der Waals surface area contributed by atoms with Gasteiger partial charge in [0, 0.05) is 39.3 Å². The molecule has 0 aliphatic carbocycles. The van der Waals surface area contributed by atoms with Crippen LogP contribution in [0.25, 0.3) is 0 Å². The number of carbonyl (C=O) groups excluding carboxylic acids is 2. The zero-order valence-corrected chi connectivity index (χ0v) is 35.7. The van der Waals surface area contributed by atoms with Gasteiger partial charge in [0.1, 0.15) is 6.61 Å². The number of benzene rings is 7. The number of hydrogen-bond donors (Lipinski definition) is 0. The van der Waals surface area contributed by atoms with Gasteiger partial charge >= 0.3 is 11.6 Å². The number of ether oxygens (including phenoxy) is 6. The molecule has 63 heavy (non-hydrogen) atoms. The molecule has 0 bridgehead atoms. The van der Waals surface area contributed by atoms with Crippen LogP contribution >= 0.6 is 0 Å². The van der Waals surface area contributed by atoms with Crippen molar-refractivity contribution >= 4 is 11.6 Å². The number of rotatable bonds is 15. The molecule has 0 aromatic heterocycles. The van der Waals surface area contributed by atoms with Crippen molar-refractivity contribution in [2.24, 2.45) is 5.92 Å². The molecule has 2 atom stereocenters. The SMILES string of the molecule is CCC(C)C(=O)c1cc(OC(C)(CC)C(=O)c2cc(OCc3ccccc3)c3c(c2)OC(c2ccccc2)(c2ccccc2)O3)c2c(c1)OC(c1ccccc1)(c1ccccc1)O2. The number of fused-ring (bicyclic) bond motifs is 2. The highest BCUT2D eigenvalue weighted by Gasteiger charge is 2.50. The molecule has 2 heterocycles. The molecule has 0 saturated heterocycles. The lowest BCUT2D eigenvalue weighted by atomic mass is 9.91. The van der Waals surface area contributed by atoms with E-state index in [2.05, 4.69) is 0 Å². The summed E-state index contributed by atoms with van der Waals surface area (Å²) in [6, 6.07) is 55.3. The molecule has 8 nitrogen and oxygen atoms in total. The molecule has 7 aromatic carbocycles. The van der Waals surface area contributed by atoms with Gasteiger partial charge in [-0.15, -0.1) is 0 Å². The predicted octanol–water partition coefficient (Wildman–Crippen LogP) is 12.3. The minimum atomic E-state index is -1.49. The second kappa shape index (κ2) is 16.9. The fourth-order valence-corrected chi connectivity index (χ4v) is 8.07. The van der Waals surface area contributed by atoms with Crippen molar-refractivity contribution in [2.75, 3.05) is 0 Å². The van der Waals surface area contributed by atoms with Crippen LogP contribution in [0.3, 0.4) is 0 Å². The molecule has 0 spiro atoms. The fourth-order valence-electron chi connectivity index (χ4n) is 8.07.